The molecule has 7 heteroatoms. The van der Waals surface area contributed by atoms with Crippen molar-refractivity contribution < 1.29 is 9.47 Å². The van der Waals surface area contributed by atoms with E-state index in [0.717, 1.165) is 32.2 Å². The van der Waals surface area contributed by atoms with E-state index in [1.54, 1.807) is 0 Å². The first kappa shape index (κ1) is 20.7. The van der Waals surface area contributed by atoms with E-state index in [1.165, 1.54) is 58.0 Å². The predicted octanol–water partition coefficient (Wildman–Crippen LogP) is 2.38. The molecule has 5 rings (SSSR count). The molecule has 5 aliphatic rings. The van der Waals surface area contributed by atoms with Gasteiger partial charge >= 0.3 is 0 Å². The van der Waals surface area contributed by atoms with Gasteiger partial charge in [0.05, 0.1) is 24.9 Å². The van der Waals surface area contributed by atoms with E-state index in [4.69, 9.17) is 9.47 Å². The fraction of sp³-hybridized carbons (Fsp3) is 0.955. The largest absolute Gasteiger partial charge is 0.381 e. The van der Waals surface area contributed by atoms with Gasteiger partial charge in [0.1, 0.15) is 6.10 Å². The third-order valence-electron chi connectivity index (χ3n) is 8.21. The molecule has 4 aliphatic heterocycles. The summed E-state index contributed by atoms with van der Waals surface area (Å²) in [5, 5.41) is 16.7. The lowest BCUT2D eigenvalue weighted by Crippen LogP contribution is -2.61. The lowest BCUT2D eigenvalue weighted by atomic mass is 9.82. The van der Waals surface area contributed by atoms with E-state index < -0.39 is 0 Å². The summed E-state index contributed by atoms with van der Waals surface area (Å²) < 4.78 is 11.7. The fourth-order valence-electron chi connectivity index (χ4n) is 6.51. The Morgan fingerprint density at radius 2 is 2.07 bits per heavy atom. The maximum Gasteiger partial charge on any atom is 0.144 e. The second-order valence-corrected chi connectivity index (χ2v) is 11.1. The van der Waals surface area contributed by atoms with Crippen LogP contribution in [0.5, 0.6) is 0 Å². The third-order valence-corrected chi connectivity index (χ3v) is 9.42. The summed E-state index contributed by atoms with van der Waals surface area (Å²) >= 11 is 3.92. The van der Waals surface area contributed by atoms with Crippen LogP contribution in [0.2, 0.25) is 0 Å². The van der Waals surface area contributed by atoms with Crippen molar-refractivity contribution in [3.63, 3.8) is 0 Å². The number of alkyl halides is 1. The van der Waals surface area contributed by atoms with Crippen molar-refractivity contribution in [1.82, 2.24) is 15.5 Å². The molecule has 6 unspecified atom stereocenters. The van der Waals surface area contributed by atoms with Crippen molar-refractivity contribution in [2.45, 2.75) is 86.7 Å². The Morgan fingerprint density at radius 3 is 2.83 bits per heavy atom. The summed E-state index contributed by atoms with van der Waals surface area (Å²) in [6, 6.07) is 3.63. The number of hydrogen-bond acceptors (Lipinski definition) is 6. The number of nitrogens with zero attached hydrogens (tertiary/aromatic N) is 2. The topological polar surface area (TPSA) is 69.6 Å². The number of nitriles is 1. The lowest BCUT2D eigenvalue weighted by Gasteiger charge is -2.42. The van der Waals surface area contributed by atoms with Crippen LogP contribution >= 0.6 is 15.9 Å². The third kappa shape index (κ3) is 4.26. The summed E-state index contributed by atoms with van der Waals surface area (Å²) in [4.78, 5) is 3.10. The molecule has 0 radical (unpaired) electrons. The number of halogens is 1. The van der Waals surface area contributed by atoms with Crippen LogP contribution in [0.15, 0.2) is 0 Å². The predicted molar refractivity (Wildman–Crippen MR) is 115 cm³/mol. The minimum atomic E-state index is -0.237. The molecule has 0 aromatic rings. The molecule has 6 atom stereocenters. The molecular weight excluding hydrogens is 432 g/mol. The van der Waals surface area contributed by atoms with Crippen LogP contribution in [0.25, 0.3) is 0 Å². The number of ether oxygens (including phenoxy) is 2. The zero-order valence-corrected chi connectivity index (χ0v) is 18.9. The van der Waals surface area contributed by atoms with Gasteiger partial charge in [0, 0.05) is 47.9 Å². The first-order valence-electron chi connectivity index (χ1n) is 11.7. The Balaban J connectivity index is 1.09. The van der Waals surface area contributed by atoms with E-state index in [2.05, 4.69) is 37.5 Å². The molecule has 6 nitrogen and oxygen atoms in total. The molecule has 1 spiro atoms. The number of nitrogens with one attached hydrogen (secondary N) is 2. The minimum absolute atomic E-state index is 0.170. The summed E-state index contributed by atoms with van der Waals surface area (Å²) in [5.41, 5.74) is 0.462. The zero-order valence-electron chi connectivity index (χ0n) is 17.3. The number of likely N-dealkylation sites (tertiary alicyclic amines) is 1. The van der Waals surface area contributed by atoms with Crippen molar-refractivity contribution in [3.8, 4) is 6.07 Å². The van der Waals surface area contributed by atoms with Gasteiger partial charge in [-0.25, -0.2) is 0 Å². The molecule has 4 heterocycles. The number of piperidine rings is 1. The van der Waals surface area contributed by atoms with Crippen molar-refractivity contribution in [1.29, 1.82) is 5.26 Å². The van der Waals surface area contributed by atoms with Crippen LogP contribution in [-0.2, 0) is 9.47 Å². The molecule has 5 fully saturated rings. The van der Waals surface area contributed by atoms with E-state index in [0.29, 0.717) is 22.2 Å². The van der Waals surface area contributed by atoms with Crippen LogP contribution in [0, 0.1) is 22.7 Å². The molecule has 2 N–H and O–H groups in total. The quantitative estimate of drug-likeness (QED) is 0.622. The first-order chi connectivity index (χ1) is 14.2. The normalized spacial score (nSPS) is 48.5. The molecular formula is C22H35BrN4O2. The smallest absolute Gasteiger partial charge is 0.144 e. The summed E-state index contributed by atoms with van der Waals surface area (Å²) in [5.74, 6) is 0.424. The van der Waals surface area contributed by atoms with E-state index in [1.807, 2.05) is 0 Å². The lowest BCUT2D eigenvalue weighted by molar-refractivity contribution is -0.00569. The van der Waals surface area contributed by atoms with Crippen LogP contribution in [0.4, 0.5) is 0 Å². The van der Waals surface area contributed by atoms with Gasteiger partial charge in [0.25, 0.3) is 0 Å². The Labute approximate surface area is 183 Å². The standard InChI is InChI=1S/C22H35BrN4O2/c23-20-18-10-17(11-24)29-19(18)12-25-21(20)26-15-2-4-16(5-3-15)27-8-7-22(13-27)6-1-9-28-14-22/h15-21,25-26H,1-10,12-14H2. The molecule has 162 valence electrons. The fourth-order valence-corrected chi connectivity index (χ4v) is 7.41. The second-order valence-electron chi connectivity index (χ2n) is 10.1. The highest BCUT2D eigenvalue weighted by Crippen LogP contribution is 2.41. The van der Waals surface area contributed by atoms with Crippen LogP contribution in [-0.4, -0.2) is 73.0 Å². The van der Waals surface area contributed by atoms with Gasteiger partial charge in [-0.2, -0.15) is 5.26 Å². The number of fused-ring (bicyclic) bond motifs is 1. The van der Waals surface area contributed by atoms with Crippen LogP contribution < -0.4 is 10.6 Å². The molecule has 1 aliphatic carbocycles. The monoisotopic (exact) mass is 466 g/mol. The Kier molecular flexibility index (Phi) is 6.21. The van der Waals surface area contributed by atoms with Gasteiger partial charge in [-0.05, 0) is 57.9 Å². The SMILES string of the molecule is N#CC1CC2C(CNC(NC3CCC(N4CCC5(CCCOC5)C4)CC3)C2Br)O1. The van der Waals surface area contributed by atoms with Crippen molar-refractivity contribution in [3.05, 3.63) is 0 Å². The molecule has 4 saturated heterocycles. The van der Waals surface area contributed by atoms with Crippen LogP contribution in [0.1, 0.15) is 51.4 Å². The van der Waals surface area contributed by atoms with E-state index in [-0.39, 0.29) is 18.4 Å². The number of hydrogen-bond donors (Lipinski definition) is 2. The molecule has 1 saturated carbocycles. The van der Waals surface area contributed by atoms with Crippen molar-refractivity contribution in [2.75, 3.05) is 32.8 Å². The summed E-state index contributed by atoms with van der Waals surface area (Å²) in [6.45, 7) is 5.32. The van der Waals surface area contributed by atoms with Gasteiger partial charge < -0.3 is 9.47 Å². The van der Waals surface area contributed by atoms with Gasteiger partial charge in [0.2, 0.25) is 0 Å². The highest BCUT2D eigenvalue weighted by atomic mass is 79.9. The second kappa shape index (κ2) is 8.72. The molecule has 0 aromatic heterocycles. The Bertz CT molecular complexity index is 614. The maximum absolute atomic E-state index is 9.19. The molecule has 0 amide bonds. The minimum Gasteiger partial charge on any atom is -0.381 e. The van der Waals surface area contributed by atoms with Gasteiger partial charge in [-0.15, -0.1) is 0 Å². The van der Waals surface area contributed by atoms with Gasteiger partial charge in [-0.3, -0.25) is 15.5 Å². The van der Waals surface area contributed by atoms with Gasteiger partial charge in [0.15, 0.2) is 0 Å². The maximum atomic E-state index is 9.19. The van der Waals surface area contributed by atoms with Crippen molar-refractivity contribution in [2.24, 2.45) is 11.3 Å². The molecule has 29 heavy (non-hydrogen) atoms. The van der Waals surface area contributed by atoms with Crippen molar-refractivity contribution >= 4 is 15.9 Å². The average molecular weight is 467 g/mol. The molecule has 0 bridgehead atoms. The highest BCUT2D eigenvalue weighted by molar-refractivity contribution is 9.09. The average Bonchev–Trinajstić information content (AvgIpc) is 3.36. The van der Waals surface area contributed by atoms with E-state index in [9.17, 15) is 5.26 Å². The van der Waals surface area contributed by atoms with Gasteiger partial charge in [-0.1, -0.05) is 15.9 Å². The van der Waals surface area contributed by atoms with Crippen LogP contribution in [0.3, 0.4) is 0 Å². The summed E-state index contributed by atoms with van der Waals surface area (Å²) in [7, 11) is 0. The molecule has 0 aromatic carbocycles. The zero-order chi connectivity index (χ0) is 19.8. The Morgan fingerprint density at radius 1 is 1.21 bits per heavy atom. The first-order valence-corrected chi connectivity index (χ1v) is 12.6. The Hall–Kier alpha value is -0.230. The highest BCUT2D eigenvalue weighted by Gasteiger charge is 2.46. The number of rotatable bonds is 3. The van der Waals surface area contributed by atoms with E-state index >= 15 is 0 Å². The summed E-state index contributed by atoms with van der Waals surface area (Å²) in [6.07, 6.45) is 10.1.